The maximum Gasteiger partial charge on any atom is 0.407 e. The number of anilines is 2. The van der Waals surface area contributed by atoms with Crippen LogP contribution in [0.3, 0.4) is 0 Å². The molecule has 6 heteroatoms. The van der Waals surface area contributed by atoms with Gasteiger partial charge in [-0.1, -0.05) is 44.2 Å². The zero-order chi connectivity index (χ0) is 20.1. The van der Waals surface area contributed by atoms with Crippen LogP contribution in [0.5, 0.6) is 0 Å². The summed E-state index contributed by atoms with van der Waals surface area (Å²) in [4.78, 5) is 26.4. The molecule has 2 aromatic rings. The molecule has 0 saturated carbocycles. The molecule has 0 saturated heterocycles. The molecule has 1 aliphatic rings. The number of benzene rings is 2. The second-order valence-corrected chi connectivity index (χ2v) is 7.34. The number of methoxy groups -OCH3 is 1. The molecule has 2 aromatic carbocycles. The van der Waals surface area contributed by atoms with Gasteiger partial charge in [0.25, 0.3) is 0 Å². The largest absolute Gasteiger partial charge is 0.453 e. The van der Waals surface area contributed by atoms with Crippen molar-refractivity contribution in [2.45, 2.75) is 32.9 Å². The van der Waals surface area contributed by atoms with Crippen LogP contribution in [0.25, 0.3) is 0 Å². The van der Waals surface area contributed by atoms with E-state index in [-0.39, 0.29) is 11.8 Å². The average molecular weight is 381 g/mol. The number of ether oxygens (including phenoxy) is 1. The number of nitrogens with zero attached hydrogens (tertiary/aromatic N) is 1. The zero-order valence-electron chi connectivity index (χ0n) is 16.6. The number of nitrogens with one attached hydrogen (secondary N) is 2. The van der Waals surface area contributed by atoms with E-state index in [2.05, 4.69) is 44.5 Å². The van der Waals surface area contributed by atoms with Crippen LogP contribution in [0.2, 0.25) is 0 Å². The highest BCUT2D eigenvalue weighted by atomic mass is 16.5. The molecule has 1 unspecified atom stereocenters. The van der Waals surface area contributed by atoms with E-state index >= 15 is 0 Å². The molecule has 0 aromatic heterocycles. The SMILES string of the molecule is COC(=O)NC(C(=O)Nc1ccc(CN2CCc3ccccc32)cc1)C(C)C. The molecule has 1 atom stereocenters. The second kappa shape index (κ2) is 8.78. The standard InChI is InChI=1S/C22H27N3O3/c1-15(2)20(24-22(27)28-3)21(26)23-18-10-8-16(9-11-18)14-25-13-12-17-6-4-5-7-19(17)25/h4-11,15,20H,12-14H2,1-3H3,(H,23,26)(H,24,27). The van der Waals surface area contributed by atoms with Crippen LogP contribution in [0.1, 0.15) is 25.0 Å². The van der Waals surface area contributed by atoms with E-state index in [0.717, 1.165) is 19.5 Å². The van der Waals surface area contributed by atoms with Crippen molar-refractivity contribution in [1.29, 1.82) is 0 Å². The Bertz CT molecular complexity index is 833. The fraction of sp³-hybridized carbons (Fsp3) is 0.364. The number of rotatable bonds is 6. The minimum Gasteiger partial charge on any atom is -0.453 e. The number of hydrogen-bond acceptors (Lipinski definition) is 4. The predicted octanol–water partition coefficient (Wildman–Crippen LogP) is 3.57. The number of amides is 2. The lowest BCUT2D eigenvalue weighted by atomic mass is 10.0. The van der Waals surface area contributed by atoms with Crippen LogP contribution in [0, 0.1) is 5.92 Å². The maximum absolute atomic E-state index is 12.5. The monoisotopic (exact) mass is 381 g/mol. The van der Waals surface area contributed by atoms with Crippen molar-refractivity contribution >= 4 is 23.4 Å². The number of alkyl carbamates (subject to hydrolysis) is 1. The van der Waals surface area contributed by atoms with Crippen molar-refractivity contribution < 1.29 is 14.3 Å². The quantitative estimate of drug-likeness (QED) is 0.803. The molecular formula is C22H27N3O3. The third-order valence-corrected chi connectivity index (χ3v) is 4.99. The van der Waals surface area contributed by atoms with E-state index in [1.807, 2.05) is 38.1 Å². The van der Waals surface area contributed by atoms with Gasteiger partial charge in [-0.3, -0.25) is 4.79 Å². The molecule has 2 N–H and O–H groups in total. The molecule has 2 amide bonds. The van der Waals surface area contributed by atoms with Crippen molar-refractivity contribution in [3.8, 4) is 0 Å². The van der Waals surface area contributed by atoms with Gasteiger partial charge in [0, 0.05) is 24.5 Å². The van der Waals surface area contributed by atoms with E-state index < -0.39 is 12.1 Å². The third kappa shape index (κ3) is 4.63. The smallest absolute Gasteiger partial charge is 0.407 e. The van der Waals surface area contributed by atoms with Crippen LogP contribution < -0.4 is 15.5 Å². The molecule has 0 aliphatic carbocycles. The third-order valence-electron chi connectivity index (χ3n) is 4.99. The predicted molar refractivity (Wildman–Crippen MR) is 110 cm³/mol. The minimum absolute atomic E-state index is 0.0615. The van der Waals surface area contributed by atoms with Gasteiger partial charge in [-0.25, -0.2) is 4.79 Å². The van der Waals surface area contributed by atoms with Gasteiger partial charge >= 0.3 is 6.09 Å². The van der Waals surface area contributed by atoms with Crippen molar-refractivity contribution in [2.24, 2.45) is 5.92 Å². The summed E-state index contributed by atoms with van der Waals surface area (Å²) in [5.41, 5.74) is 4.58. The summed E-state index contributed by atoms with van der Waals surface area (Å²) in [6.07, 6.45) is 0.462. The lowest BCUT2D eigenvalue weighted by molar-refractivity contribution is -0.119. The Hall–Kier alpha value is -3.02. The van der Waals surface area contributed by atoms with E-state index in [9.17, 15) is 9.59 Å². The number of hydrogen-bond donors (Lipinski definition) is 2. The topological polar surface area (TPSA) is 70.7 Å². The molecule has 0 bridgehead atoms. The van der Waals surface area contributed by atoms with Gasteiger partial charge in [0.05, 0.1) is 7.11 Å². The van der Waals surface area contributed by atoms with Crippen LogP contribution in [-0.4, -0.2) is 31.7 Å². The lowest BCUT2D eigenvalue weighted by Crippen LogP contribution is -2.47. The molecule has 1 heterocycles. The first-order chi connectivity index (χ1) is 13.5. The summed E-state index contributed by atoms with van der Waals surface area (Å²) >= 11 is 0. The van der Waals surface area contributed by atoms with Gasteiger partial charge in [-0.05, 0) is 41.7 Å². The highest BCUT2D eigenvalue weighted by Gasteiger charge is 2.24. The van der Waals surface area contributed by atoms with E-state index in [1.165, 1.54) is 23.9 Å². The lowest BCUT2D eigenvalue weighted by Gasteiger charge is -2.21. The highest BCUT2D eigenvalue weighted by molar-refractivity contribution is 5.96. The molecule has 0 fully saturated rings. The molecule has 0 spiro atoms. The van der Waals surface area contributed by atoms with E-state index in [0.29, 0.717) is 5.69 Å². The molecular weight excluding hydrogens is 354 g/mol. The molecule has 6 nitrogen and oxygen atoms in total. The van der Waals surface area contributed by atoms with Gasteiger partial charge < -0.3 is 20.3 Å². The van der Waals surface area contributed by atoms with Gasteiger partial charge in [0.15, 0.2) is 0 Å². The number of para-hydroxylation sites is 1. The van der Waals surface area contributed by atoms with Crippen LogP contribution in [0.15, 0.2) is 48.5 Å². The first-order valence-electron chi connectivity index (χ1n) is 9.55. The van der Waals surface area contributed by atoms with E-state index in [1.54, 1.807) is 0 Å². The van der Waals surface area contributed by atoms with Crippen LogP contribution in [0.4, 0.5) is 16.2 Å². The van der Waals surface area contributed by atoms with E-state index in [4.69, 9.17) is 0 Å². The Morgan fingerprint density at radius 2 is 1.82 bits per heavy atom. The Morgan fingerprint density at radius 1 is 1.11 bits per heavy atom. The van der Waals surface area contributed by atoms with Gasteiger partial charge in [0.1, 0.15) is 6.04 Å². The minimum atomic E-state index is -0.659. The summed E-state index contributed by atoms with van der Waals surface area (Å²) in [5, 5.41) is 5.44. The van der Waals surface area contributed by atoms with Crippen molar-refractivity contribution in [3.63, 3.8) is 0 Å². The molecule has 1 aliphatic heterocycles. The molecule has 148 valence electrons. The molecule has 28 heavy (non-hydrogen) atoms. The number of carbonyl (C=O) groups excluding carboxylic acids is 2. The fourth-order valence-electron chi connectivity index (χ4n) is 3.43. The first-order valence-corrected chi connectivity index (χ1v) is 9.55. The first kappa shape index (κ1) is 19.7. The summed E-state index contributed by atoms with van der Waals surface area (Å²) in [6, 6.07) is 15.7. The maximum atomic E-state index is 12.5. The number of fused-ring (bicyclic) bond motifs is 1. The van der Waals surface area contributed by atoms with Crippen molar-refractivity contribution in [1.82, 2.24) is 5.32 Å². The normalized spacial score (nSPS) is 13.8. The summed E-state index contributed by atoms with van der Waals surface area (Å²) in [5.74, 6) is -0.324. The van der Waals surface area contributed by atoms with Crippen LogP contribution >= 0.6 is 0 Å². The van der Waals surface area contributed by atoms with Gasteiger partial charge in [0.2, 0.25) is 5.91 Å². The number of carbonyl (C=O) groups is 2. The van der Waals surface area contributed by atoms with Crippen molar-refractivity contribution in [2.75, 3.05) is 23.9 Å². The highest BCUT2D eigenvalue weighted by Crippen LogP contribution is 2.29. The average Bonchev–Trinajstić information content (AvgIpc) is 3.10. The summed E-state index contributed by atoms with van der Waals surface area (Å²) in [7, 11) is 1.28. The van der Waals surface area contributed by atoms with Crippen LogP contribution in [-0.2, 0) is 22.5 Å². The Labute approximate surface area is 165 Å². The molecule has 3 rings (SSSR count). The Balaban J connectivity index is 1.61. The summed E-state index contributed by atoms with van der Waals surface area (Å²) in [6.45, 7) is 5.60. The fourth-order valence-corrected chi connectivity index (χ4v) is 3.43. The summed E-state index contributed by atoms with van der Waals surface area (Å²) < 4.78 is 4.60. The van der Waals surface area contributed by atoms with Crippen molar-refractivity contribution in [3.05, 3.63) is 59.7 Å². The Kier molecular flexibility index (Phi) is 6.19. The second-order valence-electron chi connectivity index (χ2n) is 7.34. The van der Waals surface area contributed by atoms with Gasteiger partial charge in [-0.2, -0.15) is 0 Å². The Morgan fingerprint density at radius 3 is 2.50 bits per heavy atom. The zero-order valence-corrected chi connectivity index (χ0v) is 16.6. The van der Waals surface area contributed by atoms with Gasteiger partial charge in [-0.15, -0.1) is 0 Å². The molecule has 0 radical (unpaired) electrons.